The van der Waals surface area contributed by atoms with Crippen molar-refractivity contribution in [3.05, 3.63) is 11.6 Å². The molecule has 2 aliphatic carbocycles. The maximum atomic E-state index is 13.1. The summed E-state index contributed by atoms with van der Waals surface area (Å²) in [4.78, 5) is 22.5. The Morgan fingerprint density at radius 3 is 2.63 bits per heavy atom. The maximum absolute atomic E-state index is 13.1. The molecule has 2 aliphatic heterocycles. The lowest BCUT2D eigenvalue weighted by Gasteiger charge is -2.30. The molecule has 6 nitrogen and oxygen atoms in total. The van der Waals surface area contributed by atoms with Gasteiger partial charge in [-0.15, -0.1) is 0 Å². The second kappa shape index (κ2) is 6.87. The molecule has 1 atom stereocenters. The highest BCUT2D eigenvalue weighted by molar-refractivity contribution is 5.77. The molecule has 1 amide bonds. The van der Waals surface area contributed by atoms with Crippen LogP contribution in [0.2, 0.25) is 0 Å². The molecule has 148 valence electrons. The predicted molar refractivity (Wildman–Crippen MR) is 103 cm³/mol. The van der Waals surface area contributed by atoms with Crippen LogP contribution < -0.4 is 0 Å². The van der Waals surface area contributed by atoms with Gasteiger partial charge in [-0.3, -0.25) is 9.89 Å². The smallest absolute Gasteiger partial charge is 0.222 e. The van der Waals surface area contributed by atoms with Crippen LogP contribution in [-0.4, -0.2) is 64.1 Å². The molecular weight excluding hydrogens is 338 g/mol. The zero-order valence-corrected chi connectivity index (χ0v) is 16.6. The van der Waals surface area contributed by atoms with Gasteiger partial charge >= 0.3 is 0 Å². The van der Waals surface area contributed by atoms with Crippen LogP contribution in [0.25, 0.3) is 0 Å². The van der Waals surface area contributed by atoms with Gasteiger partial charge in [0.2, 0.25) is 5.91 Å². The summed E-state index contributed by atoms with van der Waals surface area (Å²) < 4.78 is 0. The van der Waals surface area contributed by atoms with E-state index in [0.29, 0.717) is 23.7 Å². The van der Waals surface area contributed by atoms with Crippen LogP contribution in [0.5, 0.6) is 0 Å². The molecule has 2 saturated heterocycles. The minimum atomic E-state index is 0.239. The number of carbonyl (C=O) groups excluding carboxylic acids is 1. The molecule has 3 heterocycles. The first kappa shape index (κ1) is 17.7. The molecule has 1 spiro atoms. The van der Waals surface area contributed by atoms with Crippen LogP contribution in [0.3, 0.4) is 0 Å². The van der Waals surface area contributed by atoms with Crippen molar-refractivity contribution >= 4 is 5.91 Å². The van der Waals surface area contributed by atoms with Gasteiger partial charge in [-0.1, -0.05) is 12.8 Å². The SMILES string of the molecule is CN1CCC(CC(=O)N2CC(c3nc(C4CC4)n[nH]3)C3(CCCC3)C2)CC1. The van der Waals surface area contributed by atoms with Crippen LogP contribution in [0.1, 0.15) is 81.3 Å². The Hall–Kier alpha value is -1.43. The number of hydrogen-bond donors (Lipinski definition) is 1. The summed E-state index contributed by atoms with van der Waals surface area (Å²) in [7, 11) is 2.18. The van der Waals surface area contributed by atoms with Crippen LogP contribution in [0.4, 0.5) is 0 Å². The lowest BCUT2D eigenvalue weighted by molar-refractivity contribution is -0.131. The Bertz CT molecular complexity index is 682. The number of aromatic amines is 1. The van der Waals surface area contributed by atoms with Crippen LogP contribution in [0, 0.1) is 11.3 Å². The zero-order chi connectivity index (χ0) is 18.4. The molecular formula is C21H33N5O. The van der Waals surface area contributed by atoms with Crippen molar-refractivity contribution in [1.29, 1.82) is 0 Å². The number of carbonyl (C=O) groups is 1. The third-order valence-corrected chi connectivity index (χ3v) is 7.69. The Morgan fingerprint density at radius 1 is 1.19 bits per heavy atom. The topological polar surface area (TPSA) is 65.1 Å². The molecule has 6 heteroatoms. The lowest BCUT2D eigenvalue weighted by Crippen LogP contribution is -2.35. The summed E-state index contributed by atoms with van der Waals surface area (Å²) in [5, 5.41) is 7.77. The highest BCUT2D eigenvalue weighted by Crippen LogP contribution is 2.53. The van der Waals surface area contributed by atoms with Gasteiger partial charge in [-0.05, 0) is 70.0 Å². The molecule has 0 aromatic carbocycles. The van der Waals surface area contributed by atoms with E-state index in [-0.39, 0.29) is 5.41 Å². The molecule has 27 heavy (non-hydrogen) atoms. The van der Waals surface area contributed by atoms with Gasteiger partial charge in [0.05, 0.1) is 0 Å². The first-order valence-electron chi connectivity index (χ1n) is 11.0. The van der Waals surface area contributed by atoms with E-state index in [9.17, 15) is 4.79 Å². The van der Waals surface area contributed by atoms with Crippen LogP contribution in [-0.2, 0) is 4.79 Å². The van der Waals surface area contributed by atoms with Crippen molar-refractivity contribution in [2.75, 3.05) is 33.2 Å². The van der Waals surface area contributed by atoms with Crippen LogP contribution >= 0.6 is 0 Å². The average Bonchev–Trinajstić information content (AvgIpc) is 3.09. The normalized spacial score (nSPS) is 29.1. The van der Waals surface area contributed by atoms with Gasteiger partial charge in [-0.2, -0.15) is 5.10 Å². The average molecular weight is 372 g/mol. The number of rotatable bonds is 4. The van der Waals surface area contributed by atoms with E-state index in [1.165, 1.54) is 38.5 Å². The van der Waals surface area contributed by atoms with E-state index in [2.05, 4.69) is 27.0 Å². The van der Waals surface area contributed by atoms with Gasteiger partial charge in [0.1, 0.15) is 5.82 Å². The number of H-pyrrole nitrogens is 1. The van der Waals surface area contributed by atoms with Crippen molar-refractivity contribution in [2.45, 2.75) is 69.6 Å². The van der Waals surface area contributed by atoms with E-state index in [0.717, 1.165) is 57.1 Å². The van der Waals surface area contributed by atoms with Crippen molar-refractivity contribution in [2.24, 2.45) is 11.3 Å². The van der Waals surface area contributed by atoms with E-state index in [1.807, 2.05) is 0 Å². The molecule has 5 rings (SSSR count). The summed E-state index contributed by atoms with van der Waals surface area (Å²) in [6.45, 7) is 4.03. The summed E-state index contributed by atoms with van der Waals surface area (Å²) >= 11 is 0. The summed E-state index contributed by atoms with van der Waals surface area (Å²) in [6.07, 6.45) is 10.6. The highest BCUT2D eigenvalue weighted by atomic mass is 16.2. The molecule has 1 unspecified atom stereocenters. The lowest BCUT2D eigenvalue weighted by atomic mass is 9.76. The van der Waals surface area contributed by atoms with Crippen molar-refractivity contribution < 1.29 is 4.79 Å². The molecule has 2 saturated carbocycles. The molecule has 0 bridgehead atoms. The van der Waals surface area contributed by atoms with Gasteiger partial charge < -0.3 is 9.80 Å². The number of hydrogen-bond acceptors (Lipinski definition) is 4. The summed E-state index contributed by atoms with van der Waals surface area (Å²) in [5.41, 5.74) is 0.239. The van der Waals surface area contributed by atoms with Crippen molar-refractivity contribution in [3.8, 4) is 0 Å². The first-order chi connectivity index (χ1) is 13.1. The van der Waals surface area contributed by atoms with E-state index in [4.69, 9.17) is 4.98 Å². The third kappa shape index (κ3) is 3.41. The van der Waals surface area contributed by atoms with E-state index >= 15 is 0 Å². The quantitative estimate of drug-likeness (QED) is 0.884. The van der Waals surface area contributed by atoms with Crippen molar-refractivity contribution in [3.63, 3.8) is 0 Å². The second-order valence-corrected chi connectivity index (χ2v) is 9.70. The fourth-order valence-corrected chi connectivity index (χ4v) is 5.73. The van der Waals surface area contributed by atoms with Crippen LogP contribution in [0.15, 0.2) is 0 Å². The molecule has 4 fully saturated rings. The fraction of sp³-hybridized carbons (Fsp3) is 0.857. The predicted octanol–water partition coefficient (Wildman–Crippen LogP) is 2.90. The molecule has 0 radical (unpaired) electrons. The first-order valence-corrected chi connectivity index (χ1v) is 11.0. The Kier molecular flexibility index (Phi) is 4.49. The minimum absolute atomic E-state index is 0.239. The third-order valence-electron chi connectivity index (χ3n) is 7.69. The number of likely N-dealkylation sites (tertiary alicyclic amines) is 2. The van der Waals surface area contributed by atoms with Gasteiger partial charge in [0, 0.05) is 31.3 Å². The number of aromatic nitrogens is 3. The molecule has 1 aromatic heterocycles. The highest BCUT2D eigenvalue weighted by Gasteiger charge is 2.51. The van der Waals surface area contributed by atoms with Gasteiger partial charge in [0.15, 0.2) is 5.82 Å². The standard InChI is InChI=1S/C21H33N5O/c1-25-10-6-15(7-11-25)12-18(27)26-13-17(21(14-26)8-2-3-9-21)20-22-19(23-24-20)16-4-5-16/h15-17H,2-14H2,1H3,(H,22,23,24). The molecule has 1 N–H and O–H groups in total. The molecule has 4 aliphatic rings. The number of amides is 1. The Morgan fingerprint density at radius 2 is 1.93 bits per heavy atom. The largest absolute Gasteiger partial charge is 0.341 e. The summed E-state index contributed by atoms with van der Waals surface area (Å²) in [6, 6.07) is 0. The summed E-state index contributed by atoms with van der Waals surface area (Å²) in [5.74, 6) is 3.93. The Balaban J connectivity index is 1.29. The second-order valence-electron chi connectivity index (χ2n) is 9.70. The number of piperidine rings is 1. The fourth-order valence-electron chi connectivity index (χ4n) is 5.73. The van der Waals surface area contributed by atoms with Gasteiger partial charge in [-0.25, -0.2) is 4.98 Å². The maximum Gasteiger partial charge on any atom is 0.222 e. The van der Waals surface area contributed by atoms with E-state index in [1.54, 1.807) is 0 Å². The van der Waals surface area contributed by atoms with Crippen molar-refractivity contribution in [1.82, 2.24) is 25.0 Å². The minimum Gasteiger partial charge on any atom is -0.341 e. The number of nitrogens with one attached hydrogen (secondary N) is 1. The zero-order valence-electron chi connectivity index (χ0n) is 16.6. The van der Waals surface area contributed by atoms with Gasteiger partial charge in [0.25, 0.3) is 0 Å². The monoisotopic (exact) mass is 371 g/mol. The van der Waals surface area contributed by atoms with E-state index < -0.39 is 0 Å². The Labute approximate surface area is 162 Å². The molecule has 1 aromatic rings. The number of nitrogens with zero attached hydrogens (tertiary/aromatic N) is 4.